The molecule has 2 aromatic heterocycles. The summed E-state index contributed by atoms with van der Waals surface area (Å²) in [5, 5.41) is 8.85. The molecule has 0 fully saturated rings. The molecule has 0 aliphatic heterocycles. The van der Waals surface area contributed by atoms with Crippen molar-refractivity contribution >= 4 is 30.6 Å². The van der Waals surface area contributed by atoms with E-state index in [2.05, 4.69) is 14.7 Å². The summed E-state index contributed by atoms with van der Waals surface area (Å²) in [5.74, 6) is -0.881. The molecule has 0 aromatic carbocycles. The molecule has 0 saturated heterocycles. The van der Waals surface area contributed by atoms with E-state index in [0.29, 0.717) is 22.5 Å². The average Bonchev–Trinajstić information content (AvgIpc) is 2.61. The Morgan fingerprint density at radius 2 is 1.61 bits per heavy atom. The van der Waals surface area contributed by atoms with Gasteiger partial charge in [0.25, 0.3) is 0 Å². The summed E-state index contributed by atoms with van der Waals surface area (Å²) in [7, 11) is 11.0. The zero-order valence-electron chi connectivity index (χ0n) is 11.8. The van der Waals surface area contributed by atoms with Crippen LogP contribution in [0.3, 0.4) is 0 Å². The number of hydrogen-bond acceptors (Lipinski definition) is 6. The van der Waals surface area contributed by atoms with Crippen LogP contribution in [0.15, 0.2) is 36.7 Å². The Bertz CT molecular complexity index is 628. The van der Waals surface area contributed by atoms with Gasteiger partial charge in [-0.2, -0.15) is 0 Å². The predicted octanol–water partition coefficient (Wildman–Crippen LogP) is 2.48. The van der Waals surface area contributed by atoms with Gasteiger partial charge in [-0.25, -0.2) is 4.79 Å². The minimum atomic E-state index is -0.570. The van der Waals surface area contributed by atoms with Crippen molar-refractivity contribution in [1.29, 1.82) is 0 Å². The van der Waals surface area contributed by atoms with Crippen molar-refractivity contribution in [3.8, 4) is 11.4 Å². The van der Waals surface area contributed by atoms with E-state index in [9.17, 15) is 9.59 Å². The van der Waals surface area contributed by atoms with Crippen molar-refractivity contribution in [2.45, 2.75) is 0 Å². The Labute approximate surface area is 149 Å². The van der Waals surface area contributed by atoms with Gasteiger partial charge >= 0.3 is 41.3 Å². The zero-order valence-corrected chi connectivity index (χ0v) is 15.6. The Morgan fingerprint density at radius 3 is 2.09 bits per heavy atom. The van der Waals surface area contributed by atoms with E-state index in [0.717, 1.165) is 0 Å². The van der Waals surface area contributed by atoms with Crippen molar-refractivity contribution in [3.05, 3.63) is 47.8 Å². The van der Waals surface area contributed by atoms with Gasteiger partial charge in [0.15, 0.2) is 5.78 Å². The number of methoxy groups -OCH3 is 1. The van der Waals surface area contributed by atoms with Crippen LogP contribution in [0.4, 0.5) is 0 Å². The fraction of sp³-hybridized carbons (Fsp3) is 0.143. The minimum absolute atomic E-state index is 0.336. The van der Waals surface area contributed by atoms with Crippen molar-refractivity contribution < 1.29 is 35.9 Å². The number of ketones is 1. The van der Waals surface area contributed by atoms with Crippen LogP contribution in [0.2, 0.25) is 0 Å². The molecule has 6 nitrogen and oxygen atoms in total. The van der Waals surface area contributed by atoms with Gasteiger partial charge in [0, 0.05) is 18.0 Å². The fourth-order valence-electron chi connectivity index (χ4n) is 1.65. The number of carbonyl (C=O) groups is 2. The maximum absolute atomic E-state index is 11.5. The van der Waals surface area contributed by atoms with Crippen molar-refractivity contribution in [3.63, 3.8) is 0 Å². The molecule has 0 unspecified atom stereocenters. The van der Waals surface area contributed by atoms with Gasteiger partial charge in [-0.05, 0) is 24.3 Å². The normalized spacial score (nSPS) is 9.74. The fourth-order valence-corrected chi connectivity index (χ4v) is 1.65. The van der Waals surface area contributed by atoms with E-state index >= 15 is 0 Å². The van der Waals surface area contributed by atoms with Gasteiger partial charge in [-0.15, -0.1) is 0 Å². The van der Waals surface area contributed by atoms with E-state index in [1.54, 1.807) is 0 Å². The number of carbonyl (C=O) groups excluding carboxylic acids is 2. The predicted molar refractivity (Wildman–Crippen MR) is 81.9 cm³/mol. The molecule has 0 bridgehead atoms. The first-order chi connectivity index (χ1) is 11.1. The molecular formula is C14H12Cl2N2O4Pt. The third-order valence-corrected chi connectivity index (χ3v) is 2.67. The zero-order chi connectivity index (χ0) is 17.2. The van der Waals surface area contributed by atoms with Crippen LogP contribution in [-0.2, 0) is 21.2 Å². The molecule has 1 N–H and O–H groups in total. The summed E-state index contributed by atoms with van der Waals surface area (Å²) in [5.41, 5.74) is 1.57. The monoisotopic (exact) mass is 537 g/mol. The molecule has 126 valence electrons. The molecule has 2 rings (SSSR count). The number of aliphatic hydroxyl groups is 1. The maximum atomic E-state index is 11.5. The molecule has 0 atom stereocenters. The summed E-state index contributed by atoms with van der Waals surface area (Å²) >= 11 is -0.472. The van der Waals surface area contributed by atoms with Crippen LogP contribution in [0, 0.1) is 0 Å². The number of aliphatic hydroxyl groups excluding tert-OH is 1. The Balaban J connectivity index is 0.000000816. The van der Waals surface area contributed by atoms with E-state index < -0.39 is 34.8 Å². The second-order valence-corrected chi connectivity index (χ2v) is 7.26. The number of hydrogen-bond donors (Lipinski definition) is 1. The van der Waals surface area contributed by atoms with Gasteiger partial charge < -0.3 is 9.84 Å². The quantitative estimate of drug-likeness (QED) is 0.476. The van der Waals surface area contributed by atoms with Gasteiger partial charge in [-0.1, -0.05) is 0 Å². The SMILES string of the molecule is COC(=O)c1ccnc(-c2cc(C(=O)CO)ccn2)c1.[Cl][Pt][Cl]. The molecule has 0 radical (unpaired) electrons. The van der Waals surface area contributed by atoms with Crippen LogP contribution in [0.5, 0.6) is 0 Å². The Morgan fingerprint density at radius 1 is 1.13 bits per heavy atom. The van der Waals surface area contributed by atoms with Crippen molar-refractivity contribution in [1.82, 2.24) is 9.97 Å². The summed E-state index contributed by atoms with van der Waals surface area (Å²) < 4.78 is 4.63. The summed E-state index contributed by atoms with van der Waals surface area (Å²) in [6.07, 6.45) is 2.91. The summed E-state index contributed by atoms with van der Waals surface area (Å²) in [4.78, 5) is 31.1. The van der Waals surface area contributed by atoms with Gasteiger partial charge in [0.05, 0.1) is 24.1 Å². The van der Waals surface area contributed by atoms with Gasteiger partial charge in [0.2, 0.25) is 0 Å². The standard InChI is InChI=1S/C14H12N2O4.2ClH.Pt/c1-20-14(19)10-3-5-16-12(7-10)11-6-9(2-4-15-11)13(18)8-17;;;/h2-7,17H,8H2,1H3;2*1H;/q;;;+2/p-2. The van der Waals surface area contributed by atoms with Gasteiger partial charge in [-0.3, -0.25) is 14.8 Å². The van der Waals surface area contributed by atoms with Crippen molar-refractivity contribution in [2.24, 2.45) is 0 Å². The third kappa shape index (κ3) is 5.99. The molecule has 2 heterocycles. The van der Waals surface area contributed by atoms with E-state index in [4.69, 9.17) is 23.9 Å². The van der Waals surface area contributed by atoms with Crippen LogP contribution in [0.25, 0.3) is 11.4 Å². The summed E-state index contributed by atoms with van der Waals surface area (Å²) in [6, 6.07) is 6.08. The second kappa shape index (κ2) is 10.4. The number of nitrogens with zero attached hydrogens (tertiary/aromatic N) is 2. The Kier molecular flexibility index (Phi) is 8.95. The molecule has 0 aliphatic carbocycles. The second-order valence-electron chi connectivity index (χ2n) is 3.98. The van der Waals surface area contributed by atoms with E-state index in [-0.39, 0.29) is 0 Å². The first kappa shape index (κ1) is 19.7. The number of rotatable bonds is 4. The molecule has 0 saturated carbocycles. The van der Waals surface area contributed by atoms with E-state index in [1.807, 2.05) is 0 Å². The third-order valence-electron chi connectivity index (χ3n) is 2.67. The number of pyridine rings is 2. The number of Topliss-reactive ketones (excluding diaryl/α,β-unsaturated/α-hetero) is 1. The van der Waals surface area contributed by atoms with Gasteiger partial charge in [0.1, 0.15) is 6.61 Å². The molecule has 2 aromatic rings. The van der Waals surface area contributed by atoms with E-state index in [1.165, 1.54) is 43.8 Å². The molecule has 0 amide bonds. The first-order valence-corrected chi connectivity index (χ1v) is 11.7. The van der Waals surface area contributed by atoms with Crippen LogP contribution in [0.1, 0.15) is 20.7 Å². The molecule has 0 aliphatic rings. The number of aromatic nitrogens is 2. The molecule has 0 spiro atoms. The molecular weight excluding hydrogens is 526 g/mol. The summed E-state index contributed by atoms with van der Waals surface area (Å²) in [6.45, 7) is -0.570. The van der Waals surface area contributed by atoms with Crippen LogP contribution in [-0.4, -0.2) is 40.5 Å². The number of halogens is 2. The first-order valence-electron chi connectivity index (χ1n) is 6.04. The number of esters is 1. The average molecular weight is 538 g/mol. The van der Waals surface area contributed by atoms with Crippen LogP contribution >= 0.6 is 18.8 Å². The number of ether oxygens (including phenoxy) is 1. The van der Waals surface area contributed by atoms with Crippen molar-refractivity contribution in [2.75, 3.05) is 13.7 Å². The Hall–Kier alpha value is -1.33. The molecule has 9 heteroatoms. The topological polar surface area (TPSA) is 89.4 Å². The van der Waals surface area contributed by atoms with Crippen LogP contribution < -0.4 is 0 Å². The molecule has 23 heavy (non-hydrogen) atoms.